The second-order valence-corrected chi connectivity index (χ2v) is 1.89. The van der Waals surface area contributed by atoms with Gasteiger partial charge < -0.3 is 4.74 Å². The van der Waals surface area contributed by atoms with Gasteiger partial charge in [-0.3, -0.25) is 0 Å². The van der Waals surface area contributed by atoms with Crippen LogP contribution in [0.3, 0.4) is 0 Å². The lowest BCUT2D eigenvalue weighted by Crippen LogP contribution is -1.96. The molecule has 0 amide bonds. The molecule has 0 N–H and O–H groups in total. The van der Waals surface area contributed by atoms with E-state index < -0.39 is 0 Å². The summed E-state index contributed by atoms with van der Waals surface area (Å²) in [5.74, 6) is 0. The predicted molar refractivity (Wildman–Crippen MR) is 35.5 cm³/mol. The van der Waals surface area contributed by atoms with Crippen LogP contribution in [0.4, 0.5) is 0 Å². The highest BCUT2D eigenvalue weighted by atomic mass is 16.5. The maximum atomic E-state index is 5.20. The van der Waals surface area contributed by atoms with Crippen LogP contribution >= 0.6 is 0 Å². The predicted octanol–water partition coefficient (Wildman–Crippen LogP) is 2.37. The molecule has 0 fully saturated rings. The first-order valence-corrected chi connectivity index (χ1v) is 3.26. The molecule has 0 atom stereocenters. The number of hydrogen-bond donors (Lipinski definition) is 0. The molecule has 0 aromatic heterocycles. The second-order valence-electron chi connectivity index (χ2n) is 1.89. The van der Waals surface area contributed by atoms with E-state index in [4.69, 9.17) is 4.74 Å². The van der Waals surface area contributed by atoms with Crippen LogP contribution in [0, 0.1) is 6.10 Å². The van der Waals surface area contributed by atoms with Gasteiger partial charge in [0.15, 0.2) is 0 Å². The molecular formula is C7H15O. The van der Waals surface area contributed by atoms with Crippen molar-refractivity contribution >= 4 is 0 Å². The van der Waals surface area contributed by atoms with Crippen molar-refractivity contribution in [3.8, 4) is 0 Å². The van der Waals surface area contributed by atoms with Gasteiger partial charge in [-0.1, -0.05) is 13.3 Å². The largest absolute Gasteiger partial charge is 0.373 e. The molecule has 0 unspecified atom stereocenters. The third-order valence-electron chi connectivity index (χ3n) is 0.993. The fraction of sp³-hybridized carbons (Fsp3) is 0.857. The molecule has 0 aliphatic rings. The van der Waals surface area contributed by atoms with Gasteiger partial charge in [-0.15, -0.1) is 0 Å². The van der Waals surface area contributed by atoms with Crippen LogP contribution < -0.4 is 0 Å². The Morgan fingerprint density at radius 3 is 2.38 bits per heavy atom. The standard InChI is InChI=1S/C7H15O/c1-4-6-7(3)8-5-2/h4-6H2,1-3H3. The summed E-state index contributed by atoms with van der Waals surface area (Å²) in [6.45, 7) is 7.01. The summed E-state index contributed by atoms with van der Waals surface area (Å²) in [7, 11) is 0. The lowest BCUT2D eigenvalue weighted by molar-refractivity contribution is 0.154. The average Bonchev–Trinajstić information content (AvgIpc) is 1.68. The zero-order valence-corrected chi connectivity index (χ0v) is 6.03. The van der Waals surface area contributed by atoms with Gasteiger partial charge in [0.25, 0.3) is 0 Å². The zero-order valence-electron chi connectivity index (χ0n) is 6.03. The molecule has 0 bridgehead atoms. The van der Waals surface area contributed by atoms with Gasteiger partial charge in [0.1, 0.15) is 0 Å². The van der Waals surface area contributed by atoms with Crippen LogP contribution in [0.5, 0.6) is 0 Å². The lowest BCUT2D eigenvalue weighted by atomic mass is 10.2. The van der Waals surface area contributed by atoms with Crippen molar-refractivity contribution in [1.82, 2.24) is 0 Å². The number of ether oxygens (including phenoxy) is 1. The van der Waals surface area contributed by atoms with Crippen molar-refractivity contribution < 1.29 is 4.74 Å². The van der Waals surface area contributed by atoms with Gasteiger partial charge in [0.2, 0.25) is 0 Å². The molecule has 0 aliphatic carbocycles. The topological polar surface area (TPSA) is 9.23 Å². The summed E-state index contributed by atoms with van der Waals surface area (Å²) >= 11 is 0. The van der Waals surface area contributed by atoms with Crippen molar-refractivity contribution in [3.05, 3.63) is 6.10 Å². The quantitative estimate of drug-likeness (QED) is 0.546. The van der Waals surface area contributed by atoms with Gasteiger partial charge in [-0.05, 0) is 20.3 Å². The van der Waals surface area contributed by atoms with Crippen LogP contribution in [-0.4, -0.2) is 6.61 Å². The summed E-state index contributed by atoms with van der Waals surface area (Å²) in [6.07, 6.45) is 3.45. The van der Waals surface area contributed by atoms with Crippen molar-refractivity contribution in [2.75, 3.05) is 6.61 Å². The Labute approximate surface area is 52.0 Å². The van der Waals surface area contributed by atoms with Gasteiger partial charge in [-0.25, -0.2) is 0 Å². The van der Waals surface area contributed by atoms with E-state index in [1.54, 1.807) is 0 Å². The highest BCUT2D eigenvalue weighted by Gasteiger charge is 1.97. The van der Waals surface area contributed by atoms with Gasteiger partial charge in [-0.2, -0.15) is 0 Å². The first kappa shape index (κ1) is 7.96. The molecule has 0 aromatic carbocycles. The van der Waals surface area contributed by atoms with Crippen LogP contribution in [0.2, 0.25) is 0 Å². The van der Waals surface area contributed by atoms with Crippen LogP contribution in [0.25, 0.3) is 0 Å². The molecule has 1 radical (unpaired) electrons. The Bertz CT molecular complexity index is 37.7. The first-order chi connectivity index (χ1) is 3.81. The number of hydrogen-bond acceptors (Lipinski definition) is 1. The Morgan fingerprint density at radius 1 is 1.38 bits per heavy atom. The van der Waals surface area contributed by atoms with Crippen LogP contribution in [-0.2, 0) is 4.74 Å². The maximum absolute atomic E-state index is 5.20. The van der Waals surface area contributed by atoms with Gasteiger partial charge >= 0.3 is 0 Å². The summed E-state index contributed by atoms with van der Waals surface area (Å²) in [5.41, 5.74) is 0. The normalized spacial score (nSPS) is 10.5. The van der Waals surface area contributed by atoms with E-state index in [0.29, 0.717) is 0 Å². The molecule has 1 nitrogen and oxygen atoms in total. The van der Waals surface area contributed by atoms with Gasteiger partial charge in [0, 0.05) is 6.61 Å². The fourth-order valence-corrected chi connectivity index (χ4v) is 0.671. The Morgan fingerprint density at radius 2 is 2.00 bits per heavy atom. The first-order valence-electron chi connectivity index (χ1n) is 3.26. The molecule has 1 heteroatoms. The van der Waals surface area contributed by atoms with Crippen LogP contribution in [0.1, 0.15) is 33.6 Å². The molecule has 0 aromatic rings. The van der Waals surface area contributed by atoms with Crippen molar-refractivity contribution in [1.29, 1.82) is 0 Å². The monoisotopic (exact) mass is 115 g/mol. The second kappa shape index (κ2) is 5.10. The number of rotatable bonds is 4. The molecule has 0 rings (SSSR count). The summed E-state index contributed by atoms with van der Waals surface area (Å²) < 4.78 is 5.20. The van der Waals surface area contributed by atoms with Crippen molar-refractivity contribution in [3.63, 3.8) is 0 Å². The third-order valence-corrected chi connectivity index (χ3v) is 0.993. The zero-order chi connectivity index (χ0) is 6.41. The van der Waals surface area contributed by atoms with E-state index in [-0.39, 0.29) is 0 Å². The van der Waals surface area contributed by atoms with E-state index in [1.165, 1.54) is 6.42 Å². The van der Waals surface area contributed by atoms with Gasteiger partial charge in [0.05, 0.1) is 6.10 Å². The minimum atomic E-state index is 0.811. The van der Waals surface area contributed by atoms with E-state index in [0.717, 1.165) is 19.1 Å². The van der Waals surface area contributed by atoms with E-state index >= 15 is 0 Å². The average molecular weight is 115 g/mol. The summed E-state index contributed by atoms with van der Waals surface area (Å²) in [5, 5.41) is 0. The smallest absolute Gasteiger partial charge is 0.0939 e. The van der Waals surface area contributed by atoms with Crippen LogP contribution in [0.15, 0.2) is 0 Å². The molecule has 0 saturated heterocycles. The Hall–Kier alpha value is -0.0400. The highest BCUT2D eigenvalue weighted by molar-refractivity contribution is 4.68. The highest BCUT2D eigenvalue weighted by Crippen LogP contribution is 2.07. The molecule has 0 spiro atoms. The minimum absolute atomic E-state index is 0.811. The summed E-state index contributed by atoms with van der Waals surface area (Å²) in [4.78, 5) is 0. The molecule has 0 heterocycles. The Balaban J connectivity index is 2.92. The minimum Gasteiger partial charge on any atom is -0.373 e. The summed E-state index contributed by atoms with van der Waals surface area (Å²) in [6, 6.07) is 0. The molecule has 8 heavy (non-hydrogen) atoms. The maximum Gasteiger partial charge on any atom is 0.0939 e. The van der Waals surface area contributed by atoms with Crippen molar-refractivity contribution in [2.45, 2.75) is 33.6 Å². The van der Waals surface area contributed by atoms with E-state index in [9.17, 15) is 0 Å². The van der Waals surface area contributed by atoms with E-state index in [2.05, 4.69) is 6.92 Å². The SMILES string of the molecule is CCC[C](C)OCC. The molecular weight excluding hydrogens is 100 g/mol. The Kier molecular flexibility index (Phi) is 5.08. The van der Waals surface area contributed by atoms with E-state index in [1.807, 2.05) is 13.8 Å². The molecule has 49 valence electrons. The lowest BCUT2D eigenvalue weighted by Gasteiger charge is -2.06. The third kappa shape index (κ3) is 4.13. The van der Waals surface area contributed by atoms with Crippen molar-refractivity contribution in [2.24, 2.45) is 0 Å². The molecule has 0 saturated carbocycles. The molecule has 0 aliphatic heterocycles. The fourth-order valence-electron chi connectivity index (χ4n) is 0.671.